The molecule has 0 aliphatic rings. The van der Waals surface area contributed by atoms with Crippen molar-refractivity contribution in [2.45, 2.75) is 6.92 Å². The first-order valence-electron chi connectivity index (χ1n) is 7.33. The van der Waals surface area contributed by atoms with E-state index in [0.717, 1.165) is 0 Å². The van der Waals surface area contributed by atoms with Gasteiger partial charge >= 0.3 is 5.97 Å². The maximum absolute atomic E-state index is 11.9. The lowest BCUT2D eigenvalue weighted by Crippen LogP contribution is -2.21. The van der Waals surface area contributed by atoms with Gasteiger partial charge in [-0.25, -0.2) is 4.79 Å². The fourth-order valence-electron chi connectivity index (χ4n) is 1.94. The Morgan fingerprint density at radius 2 is 1.83 bits per heavy atom. The zero-order valence-corrected chi connectivity index (χ0v) is 13.1. The number of anilines is 1. The number of para-hydroxylation sites is 1. The van der Waals surface area contributed by atoms with Gasteiger partial charge in [0.2, 0.25) is 0 Å². The lowest BCUT2D eigenvalue weighted by molar-refractivity contribution is -0.119. The van der Waals surface area contributed by atoms with Crippen molar-refractivity contribution in [2.75, 3.05) is 18.5 Å². The van der Waals surface area contributed by atoms with Crippen molar-refractivity contribution in [2.24, 2.45) is 0 Å². The Hall–Kier alpha value is -3.33. The average molecular weight is 324 g/mol. The summed E-state index contributed by atoms with van der Waals surface area (Å²) in [6, 6.07) is 15.0. The first kappa shape index (κ1) is 17.0. The first-order valence-corrected chi connectivity index (χ1v) is 7.33. The normalized spacial score (nSPS) is 9.67. The van der Waals surface area contributed by atoms with E-state index >= 15 is 0 Å². The first-order chi connectivity index (χ1) is 11.6. The van der Waals surface area contributed by atoms with Gasteiger partial charge in [-0.2, -0.15) is 5.26 Å². The van der Waals surface area contributed by atoms with E-state index in [2.05, 4.69) is 5.32 Å². The van der Waals surface area contributed by atoms with Crippen LogP contribution in [0.5, 0.6) is 5.75 Å². The number of amides is 1. The molecule has 0 unspecified atom stereocenters. The summed E-state index contributed by atoms with van der Waals surface area (Å²) in [5.41, 5.74) is 1.04. The molecule has 6 nitrogen and oxygen atoms in total. The number of hydrogen-bond acceptors (Lipinski definition) is 5. The lowest BCUT2D eigenvalue weighted by atomic mass is 10.2. The van der Waals surface area contributed by atoms with Gasteiger partial charge < -0.3 is 14.8 Å². The number of nitrogens with one attached hydrogen (secondary N) is 1. The number of hydrogen-bond donors (Lipinski definition) is 1. The Kier molecular flexibility index (Phi) is 5.92. The molecular formula is C18H16N2O4. The molecule has 2 aromatic carbocycles. The molecule has 0 aliphatic carbocycles. The summed E-state index contributed by atoms with van der Waals surface area (Å²) in [4.78, 5) is 23.7. The van der Waals surface area contributed by atoms with Crippen LogP contribution in [0.4, 0.5) is 5.69 Å². The molecular weight excluding hydrogens is 308 g/mol. The van der Waals surface area contributed by atoms with E-state index in [1.54, 1.807) is 48.5 Å². The molecule has 1 N–H and O–H groups in total. The van der Waals surface area contributed by atoms with Crippen molar-refractivity contribution >= 4 is 17.6 Å². The van der Waals surface area contributed by atoms with Gasteiger partial charge in [0.15, 0.2) is 6.61 Å². The van der Waals surface area contributed by atoms with Crippen LogP contribution in [0.25, 0.3) is 0 Å². The monoisotopic (exact) mass is 324 g/mol. The minimum atomic E-state index is -0.609. The van der Waals surface area contributed by atoms with Crippen molar-refractivity contribution < 1.29 is 19.1 Å². The van der Waals surface area contributed by atoms with Gasteiger partial charge in [-0.3, -0.25) is 4.79 Å². The summed E-state index contributed by atoms with van der Waals surface area (Å²) >= 11 is 0. The van der Waals surface area contributed by atoms with E-state index in [-0.39, 0.29) is 0 Å². The van der Waals surface area contributed by atoms with Gasteiger partial charge in [0.05, 0.1) is 23.4 Å². The Labute approximate surface area is 139 Å². The summed E-state index contributed by atoms with van der Waals surface area (Å²) in [6.07, 6.45) is 0. The molecule has 0 saturated heterocycles. The molecule has 1 amide bonds. The molecule has 0 radical (unpaired) electrons. The van der Waals surface area contributed by atoms with Gasteiger partial charge in [0.25, 0.3) is 5.91 Å². The van der Waals surface area contributed by atoms with E-state index in [4.69, 9.17) is 14.7 Å². The van der Waals surface area contributed by atoms with Crippen LogP contribution in [0, 0.1) is 11.3 Å². The van der Waals surface area contributed by atoms with Crippen LogP contribution < -0.4 is 10.1 Å². The lowest BCUT2D eigenvalue weighted by Gasteiger charge is -2.08. The van der Waals surface area contributed by atoms with Crippen LogP contribution >= 0.6 is 0 Å². The van der Waals surface area contributed by atoms with Crippen molar-refractivity contribution in [3.63, 3.8) is 0 Å². The summed E-state index contributed by atoms with van der Waals surface area (Å²) in [6.45, 7) is 1.96. The molecule has 24 heavy (non-hydrogen) atoms. The van der Waals surface area contributed by atoms with Crippen LogP contribution in [0.2, 0.25) is 0 Å². The predicted octanol–water partition coefficient (Wildman–Crippen LogP) is 2.75. The molecule has 0 aliphatic heterocycles. The van der Waals surface area contributed by atoms with Gasteiger partial charge in [-0.05, 0) is 43.3 Å². The maximum atomic E-state index is 11.9. The largest absolute Gasteiger partial charge is 0.494 e. The molecule has 2 rings (SSSR count). The van der Waals surface area contributed by atoms with Gasteiger partial charge in [0.1, 0.15) is 11.8 Å². The second kappa shape index (κ2) is 8.34. The van der Waals surface area contributed by atoms with Crippen molar-refractivity contribution in [1.82, 2.24) is 0 Å². The summed E-state index contributed by atoms with van der Waals surface area (Å²) in [5.74, 6) is -0.473. The molecule has 0 saturated carbocycles. The number of esters is 1. The van der Waals surface area contributed by atoms with Gasteiger partial charge in [0, 0.05) is 0 Å². The molecule has 0 spiro atoms. The third-order valence-corrected chi connectivity index (χ3v) is 3.06. The zero-order valence-electron chi connectivity index (χ0n) is 13.1. The molecule has 0 atom stereocenters. The minimum Gasteiger partial charge on any atom is -0.494 e. The fraction of sp³-hybridized carbons (Fsp3) is 0.167. The highest BCUT2D eigenvalue weighted by Gasteiger charge is 2.11. The van der Waals surface area contributed by atoms with E-state index < -0.39 is 18.5 Å². The van der Waals surface area contributed by atoms with Crippen LogP contribution in [0.1, 0.15) is 22.8 Å². The fourth-order valence-corrected chi connectivity index (χ4v) is 1.94. The highest BCUT2D eigenvalue weighted by atomic mass is 16.5. The maximum Gasteiger partial charge on any atom is 0.338 e. The molecule has 0 heterocycles. The molecule has 0 bridgehead atoms. The standard InChI is InChI=1S/C18H16N2O4/c1-2-23-15-9-7-13(8-10-15)18(22)24-12-17(21)20-16-6-4-3-5-14(16)11-19/h3-10H,2,12H2,1H3,(H,20,21). The molecule has 6 heteroatoms. The van der Waals surface area contributed by atoms with E-state index in [0.29, 0.717) is 29.2 Å². The van der Waals surface area contributed by atoms with Crippen molar-refractivity contribution in [3.8, 4) is 11.8 Å². The molecule has 122 valence electrons. The smallest absolute Gasteiger partial charge is 0.338 e. The summed E-state index contributed by atoms with van der Waals surface area (Å²) < 4.78 is 10.2. The zero-order chi connectivity index (χ0) is 17.4. The summed E-state index contributed by atoms with van der Waals surface area (Å²) in [5, 5.41) is 11.5. The topological polar surface area (TPSA) is 88.4 Å². The van der Waals surface area contributed by atoms with Crippen LogP contribution in [0.15, 0.2) is 48.5 Å². The predicted molar refractivity (Wildman–Crippen MR) is 87.7 cm³/mol. The molecule has 2 aromatic rings. The number of nitriles is 1. The second-order valence-electron chi connectivity index (χ2n) is 4.74. The van der Waals surface area contributed by atoms with Gasteiger partial charge in [-0.15, -0.1) is 0 Å². The average Bonchev–Trinajstić information content (AvgIpc) is 2.61. The van der Waals surface area contributed by atoms with E-state index in [1.807, 2.05) is 13.0 Å². The van der Waals surface area contributed by atoms with Gasteiger partial charge in [-0.1, -0.05) is 12.1 Å². The minimum absolute atomic E-state index is 0.323. The Morgan fingerprint density at radius 1 is 1.12 bits per heavy atom. The second-order valence-corrected chi connectivity index (χ2v) is 4.74. The third kappa shape index (κ3) is 4.58. The third-order valence-electron chi connectivity index (χ3n) is 3.06. The number of ether oxygens (including phenoxy) is 2. The summed E-state index contributed by atoms with van der Waals surface area (Å²) in [7, 11) is 0. The number of carbonyl (C=O) groups is 2. The van der Waals surface area contributed by atoms with Crippen LogP contribution in [0.3, 0.4) is 0 Å². The molecule has 0 aromatic heterocycles. The highest BCUT2D eigenvalue weighted by molar-refractivity contribution is 5.96. The number of carbonyl (C=O) groups excluding carboxylic acids is 2. The van der Waals surface area contributed by atoms with Crippen molar-refractivity contribution in [1.29, 1.82) is 5.26 Å². The SMILES string of the molecule is CCOc1ccc(C(=O)OCC(=O)Nc2ccccc2C#N)cc1. The number of rotatable bonds is 6. The Bertz CT molecular complexity index is 763. The molecule has 0 fully saturated rings. The van der Waals surface area contributed by atoms with Crippen LogP contribution in [-0.4, -0.2) is 25.1 Å². The Morgan fingerprint density at radius 3 is 2.50 bits per heavy atom. The highest BCUT2D eigenvalue weighted by Crippen LogP contribution is 2.14. The number of benzene rings is 2. The van der Waals surface area contributed by atoms with E-state index in [1.165, 1.54) is 0 Å². The number of nitrogens with zero attached hydrogens (tertiary/aromatic N) is 1. The van der Waals surface area contributed by atoms with Crippen LogP contribution in [-0.2, 0) is 9.53 Å². The van der Waals surface area contributed by atoms with Crippen molar-refractivity contribution in [3.05, 3.63) is 59.7 Å². The quantitative estimate of drug-likeness (QED) is 0.825. The Balaban J connectivity index is 1.89. The van der Waals surface area contributed by atoms with E-state index in [9.17, 15) is 9.59 Å².